The molecule has 0 unspecified atom stereocenters. The zero-order chi connectivity index (χ0) is 6.85. The van der Waals surface area contributed by atoms with E-state index >= 15 is 0 Å². The lowest BCUT2D eigenvalue weighted by Crippen LogP contribution is -2.33. The molecule has 1 fully saturated rings. The van der Waals surface area contributed by atoms with Gasteiger partial charge in [0.1, 0.15) is 0 Å². The number of ether oxygens (including phenoxy) is 2. The van der Waals surface area contributed by atoms with Crippen molar-refractivity contribution in [3.05, 3.63) is 0 Å². The Hall–Kier alpha value is -1.39. The van der Waals surface area contributed by atoms with Crippen LogP contribution in [-0.4, -0.2) is 24.5 Å². The van der Waals surface area contributed by atoms with Gasteiger partial charge in [-0.1, -0.05) is 0 Å². The smallest absolute Gasteiger partial charge is 0.425 e. The molecule has 5 heteroatoms. The summed E-state index contributed by atoms with van der Waals surface area (Å²) < 4.78 is 7.89. The summed E-state index contributed by atoms with van der Waals surface area (Å²) in [7, 11) is 0. The van der Waals surface area contributed by atoms with Crippen LogP contribution in [-0.2, 0) is 23.9 Å². The fourth-order valence-corrected chi connectivity index (χ4v) is 0.358. The van der Waals surface area contributed by atoms with Crippen molar-refractivity contribution in [2.45, 2.75) is 0 Å². The topological polar surface area (TPSA) is 69.7 Å². The Morgan fingerprint density at radius 1 is 1.11 bits per heavy atom. The minimum atomic E-state index is -1.24. The van der Waals surface area contributed by atoms with Gasteiger partial charge in [0.05, 0.1) is 0 Å². The number of rotatable bonds is 0. The van der Waals surface area contributed by atoms with E-state index in [4.69, 9.17) is 0 Å². The highest BCUT2D eigenvalue weighted by Crippen LogP contribution is 1.93. The molecule has 1 rings (SSSR count). The molecule has 1 saturated heterocycles. The average molecular weight is 130 g/mol. The lowest BCUT2D eigenvalue weighted by atomic mass is 10.6. The molecule has 5 nitrogen and oxygen atoms in total. The number of cyclic esters (lactones) is 3. The van der Waals surface area contributed by atoms with Crippen LogP contribution in [0, 0.1) is 0 Å². The minimum Gasteiger partial charge on any atom is -0.445 e. The Labute approximate surface area is 49.5 Å². The van der Waals surface area contributed by atoms with Crippen LogP contribution >= 0.6 is 0 Å². The third-order valence-electron chi connectivity index (χ3n) is 0.694. The number of carbonyl (C=O) groups excluding carboxylic acids is 3. The van der Waals surface area contributed by atoms with Crippen LogP contribution in [0.5, 0.6) is 0 Å². The van der Waals surface area contributed by atoms with Crippen LogP contribution in [0.15, 0.2) is 0 Å². The Balaban J connectivity index is 2.64. The lowest BCUT2D eigenvalue weighted by molar-refractivity contribution is -0.184. The van der Waals surface area contributed by atoms with Crippen LogP contribution in [0.2, 0.25) is 0 Å². The summed E-state index contributed by atoms with van der Waals surface area (Å²) in [6.45, 7) is -0.468. The fourth-order valence-electron chi connectivity index (χ4n) is 0.358. The zero-order valence-electron chi connectivity index (χ0n) is 4.25. The van der Waals surface area contributed by atoms with Crippen molar-refractivity contribution in [1.29, 1.82) is 0 Å². The summed E-state index contributed by atoms with van der Waals surface area (Å²) in [5, 5.41) is 0. The highest BCUT2D eigenvalue weighted by molar-refractivity contribution is 6.33. The summed E-state index contributed by atoms with van der Waals surface area (Å²) in [5.74, 6) is -3.19. The quantitative estimate of drug-likeness (QED) is 0.229. The first kappa shape index (κ1) is 5.74. The van der Waals surface area contributed by atoms with E-state index in [2.05, 4.69) is 9.47 Å². The molecule has 9 heavy (non-hydrogen) atoms. The minimum absolute atomic E-state index is 0.468. The Morgan fingerprint density at radius 3 is 2.22 bits per heavy atom. The summed E-state index contributed by atoms with van der Waals surface area (Å²) in [6.07, 6.45) is 0. The summed E-state index contributed by atoms with van der Waals surface area (Å²) in [5.41, 5.74) is 0. The van der Waals surface area contributed by atoms with E-state index in [-0.39, 0.29) is 0 Å². The first-order valence-corrected chi connectivity index (χ1v) is 2.12. The molecule has 0 spiro atoms. The van der Waals surface area contributed by atoms with Crippen molar-refractivity contribution >= 4 is 17.9 Å². The Kier molecular flexibility index (Phi) is 1.18. The number of hydrogen-bond donors (Lipinski definition) is 0. The molecule has 1 heterocycles. The predicted octanol–water partition coefficient (Wildman–Crippen LogP) is -1.39. The molecule has 0 aliphatic carbocycles. The zero-order valence-corrected chi connectivity index (χ0v) is 4.25. The SMILES string of the molecule is O=C1COC(=O)C(=O)O1. The van der Waals surface area contributed by atoms with E-state index in [1.165, 1.54) is 0 Å². The van der Waals surface area contributed by atoms with Crippen molar-refractivity contribution in [3.63, 3.8) is 0 Å². The van der Waals surface area contributed by atoms with Crippen LogP contribution in [0.1, 0.15) is 0 Å². The highest BCUT2D eigenvalue weighted by atomic mass is 16.7. The van der Waals surface area contributed by atoms with Gasteiger partial charge >= 0.3 is 17.9 Å². The number of esters is 3. The molecule has 1 aliphatic heterocycles. The molecule has 0 aromatic rings. The van der Waals surface area contributed by atoms with Crippen LogP contribution in [0.3, 0.4) is 0 Å². The van der Waals surface area contributed by atoms with E-state index in [1.54, 1.807) is 0 Å². The van der Waals surface area contributed by atoms with Crippen LogP contribution in [0.25, 0.3) is 0 Å². The second-order valence-electron chi connectivity index (χ2n) is 1.34. The standard InChI is InChI=1S/C4H2O5/c5-2-1-8-3(6)4(7)9-2/h1H2. The molecule has 48 valence electrons. The average Bonchev–Trinajstić information content (AvgIpc) is 1.80. The molecular weight excluding hydrogens is 128 g/mol. The maximum atomic E-state index is 10.1. The van der Waals surface area contributed by atoms with Gasteiger partial charge in [0.2, 0.25) is 0 Å². The van der Waals surface area contributed by atoms with Crippen molar-refractivity contribution in [1.82, 2.24) is 0 Å². The molecule has 0 aromatic carbocycles. The Morgan fingerprint density at radius 2 is 1.78 bits per heavy atom. The second-order valence-corrected chi connectivity index (χ2v) is 1.34. The van der Waals surface area contributed by atoms with Gasteiger partial charge in [0.15, 0.2) is 6.61 Å². The van der Waals surface area contributed by atoms with Gasteiger partial charge in [0, 0.05) is 0 Å². The van der Waals surface area contributed by atoms with Gasteiger partial charge in [-0.25, -0.2) is 14.4 Å². The molecule has 0 bridgehead atoms. The predicted molar refractivity (Wildman–Crippen MR) is 22.1 cm³/mol. The molecule has 0 radical (unpaired) electrons. The maximum absolute atomic E-state index is 10.1. The summed E-state index contributed by atoms with van der Waals surface area (Å²) in [4.78, 5) is 30.3. The maximum Gasteiger partial charge on any atom is 0.425 e. The van der Waals surface area contributed by atoms with Crippen molar-refractivity contribution in [3.8, 4) is 0 Å². The molecule has 1 aliphatic rings. The molecular formula is C4H2O5. The summed E-state index contributed by atoms with van der Waals surface area (Å²) in [6, 6.07) is 0. The summed E-state index contributed by atoms with van der Waals surface area (Å²) >= 11 is 0. The van der Waals surface area contributed by atoms with E-state index in [0.717, 1.165) is 0 Å². The molecule has 0 saturated carbocycles. The van der Waals surface area contributed by atoms with Gasteiger partial charge in [-0.15, -0.1) is 0 Å². The normalized spacial score (nSPS) is 18.9. The van der Waals surface area contributed by atoms with Gasteiger partial charge < -0.3 is 9.47 Å². The van der Waals surface area contributed by atoms with Gasteiger partial charge in [-0.05, 0) is 0 Å². The highest BCUT2D eigenvalue weighted by Gasteiger charge is 2.27. The fraction of sp³-hybridized carbons (Fsp3) is 0.250. The second kappa shape index (κ2) is 1.85. The first-order chi connectivity index (χ1) is 4.20. The largest absolute Gasteiger partial charge is 0.445 e. The van der Waals surface area contributed by atoms with Gasteiger partial charge in [0.25, 0.3) is 0 Å². The third-order valence-corrected chi connectivity index (χ3v) is 0.694. The van der Waals surface area contributed by atoms with E-state index < -0.39 is 24.5 Å². The molecule has 0 N–H and O–H groups in total. The van der Waals surface area contributed by atoms with E-state index in [0.29, 0.717) is 0 Å². The molecule has 0 amide bonds. The van der Waals surface area contributed by atoms with Crippen LogP contribution in [0.4, 0.5) is 0 Å². The van der Waals surface area contributed by atoms with Crippen molar-refractivity contribution in [2.75, 3.05) is 6.61 Å². The van der Waals surface area contributed by atoms with Gasteiger partial charge in [-0.3, -0.25) is 0 Å². The monoisotopic (exact) mass is 130 g/mol. The Bertz CT molecular complexity index is 181. The van der Waals surface area contributed by atoms with E-state index in [9.17, 15) is 14.4 Å². The number of carbonyl (C=O) groups is 3. The van der Waals surface area contributed by atoms with E-state index in [1.807, 2.05) is 0 Å². The van der Waals surface area contributed by atoms with Crippen molar-refractivity contribution < 1.29 is 23.9 Å². The van der Waals surface area contributed by atoms with Crippen LogP contribution < -0.4 is 0 Å². The number of hydrogen-bond acceptors (Lipinski definition) is 5. The molecule has 0 aromatic heterocycles. The van der Waals surface area contributed by atoms with Crippen molar-refractivity contribution in [2.24, 2.45) is 0 Å². The lowest BCUT2D eigenvalue weighted by Gasteiger charge is -2.07. The van der Waals surface area contributed by atoms with Gasteiger partial charge in [-0.2, -0.15) is 0 Å². The molecule has 0 atom stereocenters. The third kappa shape index (κ3) is 1.04. The first-order valence-electron chi connectivity index (χ1n) is 2.12.